The summed E-state index contributed by atoms with van der Waals surface area (Å²) in [4.78, 5) is 16.8. The van der Waals surface area contributed by atoms with Crippen LogP contribution in [0, 0.1) is 11.3 Å². The molecule has 0 aromatic heterocycles. The smallest absolute Gasteiger partial charge is 0.504 e. The minimum Gasteiger partial charge on any atom is -0.504 e. The Bertz CT molecular complexity index is 1460. The molecule has 8 nitrogen and oxygen atoms in total. The van der Waals surface area contributed by atoms with Crippen molar-refractivity contribution in [3.8, 4) is 23.3 Å². The van der Waals surface area contributed by atoms with Crippen LogP contribution in [0.5, 0.6) is 17.2 Å². The van der Waals surface area contributed by atoms with Gasteiger partial charge in [-0.05, 0) is 68.1 Å². The Morgan fingerprint density at radius 2 is 2.10 bits per heavy atom. The van der Waals surface area contributed by atoms with Crippen LogP contribution in [-0.4, -0.2) is 76.2 Å². The molecule has 6 rings (SSSR count). The molecule has 2 heterocycles. The van der Waals surface area contributed by atoms with E-state index in [4.69, 9.17) is 4.74 Å². The first-order chi connectivity index (χ1) is 18.9. The van der Waals surface area contributed by atoms with Crippen molar-refractivity contribution in [2.24, 2.45) is 0 Å². The van der Waals surface area contributed by atoms with Gasteiger partial charge in [-0.3, -0.25) is 9.69 Å². The van der Waals surface area contributed by atoms with E-state index in [0.29, 0.717) is 30.6 Å². The van der Waals surface area contributed by atoms with Crippen molar-refractivity contribution in [3.05, 3.63) is 59.2 Å². The summed E-state index contributed by atoms with van der Waals surface area (Å²) in [5.74, 6) is -0.556. The number of carbonyl (C=O) groups is 1. The zero-order valence-corrected chi connectivity index (χ0v) is 21.9. The van der Waals surface area contributed by atoms with Crippen LogP contribution >= 0.6 is 0 Å². The van der Waals surface area contributed by atoms with E-state index >= 15 is 0 Å². The first-order valence-corrected chi connectivity index (χ1v) is 13.1. The van der Waals surface area contributed by atoms with Gasteiger partial charge in [-0.15, -0.1) is 13.2 Å². The average Bonchev–Trinajstić information content (AvgIpc) is 3.25. The van der Waals surface area contributed by atoms with E-state index < -0.39 is 47.2 Å². The summed E-state index contributed by atoms with van der Waals surface area (Å²) in [6.07, 6.45) is -1.31. The van der Waals surface area contributed by atoms with E-state index in [1.54, 1.807) is 19.2 Å². The number of amides is 1. The highest BCUT2D eigenvalue weighted by molar-refractivity contribution is 5.92. The highest BCUT2D eigenvalue weighted by Crippen LogP contribution is 2.66. The molecule has 210 valence electrons. The Kier molecular flexibility index (Phi) is 5.87. The minimum absolute atomic E-state index is 0.0515. The molecule has 2 aliphatic heterocycles. The SMILES string of the molecule is CN(C(=O)C=Cc1cccc(OC(F)(F)F)c1)[C@@H]1CC[C@@]2(O)[C@H]3Cc4ccc(O)c5c4[C@@]2(CC(C#N)N3C)[C@H]1O5. The van der Waals surface area contributed by atoms with Crippen LogP contribution < -0.4 is 9.47 Å². The zero-order valence-electron chi connectivity index (χ0n) is 21.9. The van der Waals surface area contributed by atoms with Crippen LogP contribution in [0.3, 0.4) is 0 Å². The molecule has 4 aliphatic rings. The molecular weight excluding hydrogens is 527 g/mol. The molecule has 1 unspecified atom stereocenters. The van der Waals surface area contributed by atoms with Gasteiger partial charge in [-0.2, -0.15) is 5.26 Å². The van der Waals surface area contributed by atoms with E-state index in [0.717, 1.165) is 11.1 Å². The largest absolute Gasteiger partial charge is 0.573 e. The number of piperidine rings is 1. The lowest BCUT2D eigenvalue weighted by molar-refractivity contribution is -0.274. The number of carbonyl (C=O) groups excluding carboxylic acids is 1. The fraction of sp³-hybridized carbons (Fsp3) is 0.448. The number of nitrogens with zero attached hydrogens (tertiary/aromatic N) is 3. The lowest BCUT2D eigenvalue weighted by Gasteiger charge is -2.65. The van der Waals surface area contributed by atoms with Crippen LogP contribution in [0.25, 0.3) is 6.08 Å². The molecule has 2 N–H and O–H groups in total. The molecule has 2 aliphatic carbocycles. The zero-order chi connectivity index (χ0) is 28.6. The van der Waals surface area contributed by atoms with Crippen molar-refractivity contribution in [2.75, 3.05) is 14.1 Å². The van der Waals surface area contributed by atoms with Crippen molar-refractivity contribution < 1.29 is 37.7 Å². The molecule has 2 aromatic rings. The molecule has 1 saturated heterocycles. The number of phenols is 1. The van der Waals surface area contributed by atoms with Gasteiger partial charge >= 0.3 is 6.36 Å². The summed E-state index contributed by atoms with van der Waals surface area (Å²) in [6, 6.07) is 9.75. The predicted octanol–water partition coefficient (Wildman–Crippen LogP) is 3.51. The van der Waals surface area contributed by atoms with E-state index in [9.17, 15) is 33.4 Å². The number of likely N-dealkylation sites (tertiary alicyclic amines) is 1. The number of likely N-dealkylation sites (N-methyl/N-ethyl adjacent to an activating group) is 2. The lowest BCUT2D eigenvalue weighted by Crippen LogP contribution is -2.79. The molecule has 0 radical (unpaired) electrons. The van der Waals surface area contributed by atoms with Crippen LogP contribution in [-0.2, 0) is 16.6 Å². The number of ether oxygens (including phenoxy) is 2. The highest BCUT2D eigenvalue weighted by atomic mass is 19.4. The number of alkyl halides is 3. The second-order valence-corrected chi connectivity index (χ2v) is 11.1. The molecule has 11 heteroatoms. The number of rotatable bonds is 4. The number of hydrogen-bond donors (Lipinski definition) is 2. The normalized spacial score (nSPS) is 32.2. The second-order valence-electron chi connectivity index (χ2n) is 11.1. The van der Waals surface area contributed by atoms with E-state index in [1.165, 1.54) is 35.3 Å². The van der Waals surface area contributed by atoms with Crippen molar-refractivity contribution in [1.82, 2.24) is 9.80 Å². The Balaban J connectivity index is 1.33. The maximum atomic E-state index is 13.3. The standard InChI is InChI=1S/C29H28F3N3O5/c1-34-18(15-33)14-27-24-17-7-8-21(36)25(24)39-26(27)20(10-11-28(27,38)22(34)13-17)35(2)23(37)9-6-16-4-3-5-19(12-16)40-29(30,31)32/h3-9,12,18,20,22,26,36,38H,10-11,13-14H2,1-2H3/t18?,20-,22-,26+,27+,28-/m1/s1. The van der Waals surface area contributed by atoms with E-state index in [-0.39, 0.29) is 18.2 Å². The Morgan fingerprint density at radius 3 is 2.83 bits per heavy atom. The first-order valence-electron chi connectivity index (χ1n) is 13.1. The fourth-order valence-corrected chi connectivity index (χ4v) is 7.55. The third-order valence-corrected chi connectivity index (χ3v) is 9.31. The number of aromatic hydroxyl groups is 1. The molecule has 2 bridgehead atoms. The second kappa shape index (κ2) is 8.88. The summed E-state index contributed by atoms with van der Waals surface area (Å²) >= 11 is 0. The van der Waals surface area contributed by atoms with Gasteiger partial charge in [0.15, 0.2) is 11.5 Å². The summed E-state index contributed by atoms with van der Waals surface area (Å²) < 4.78 is 48.2. The maximum absolute atomic E-state index is 13.3. The van der Waals surface area contributed by atoms with Gasteiger partial charge in [0.1, 0.15) is 11.9 Å². The number of aliphatic hydroxyl groups is 1. The summed E-state index contributed by atoms with van der Waals surface area (Å²) in [5.41, 5.74) is -0.213. The summed E-state index contributed by atoms with van der Waals surface area (Å²) in [7, 11) is 3.47. The number of hydrogen-bond acceptors (Lipinski definition) is 7. The van der Waals surface area contributed by atoms with Crippen LogP contribution in [0.4, 0.5) is 13.2 Å². The number of nitriles is 1. The molecule has 1 saturated carbocycles. The molecule has 1 spiro atoms. The van der Waals surface area contributed by atoms with Crippen LogP contribution in [0.15, 0.2) is 42.5 Å². The summed E-state index contributed by atoms with van der Waals surface area (Å²) in [6.45, 7) is 0. The Hall–Kier alpha value is -3.75. The first kappa shape index (κ1) is 26.5. The molecule has 2 aromatic carbocycles. The highest BCUT2D eigenvalue weighted by Gasteiger charge is 2.74. The predicted molar refractivity (Wildman–Crippen MR) is 136 cm³/mol. The molecular formula is C29H28F3N3O5. The van der Waals surface area contributed by atoms with Crippen molar-refractivity contribution >= 4 is 12.0 Å². The average molecular weight is 556 g/mol. The molecule has 1 amide bonds. The van der Waals surface area contributed by atoms with Crippen molar-refractivity contribution in [3.63, 3.8) is 0 Å². The maximum Gasteiger partial charge on any atom is 0.573 e. The number of halogens is 3. The number of benzene rings is 2. The van der Waals surface area contributed by atoms with Gasteiger partial charge in [0.25, 0.3) is 0 Å². The fourth-order valence-electron chi connectivity index (χ4n) is 7.55. The van der Waals surface area contributed by atoms with Gasteiger partial charge in [0.2, 0.25) is 5.91 Å². The van der Waals surface area contributed by atoms with Gasteiger partial charge in [-0.25, -0.2) is 0 Å². The third-order valence-electron chi connectivity index (χ3n) is 9.31. The van der Waals surface area contributed by atoms with Crippen molar-refractivity contribution in [2.45, 2.75) is 67.3 Å². The molecule has 2 fully saturated rings. The van der Waals surface area contributed by atoms with Crippen LogP contribution in [0.2, 0.25) is 0 Å². The molecule has 40 heavy (non-hydrogen) atoms. The monoisotopic (exact) mass is 555 g/mol. The van der Waals surface area contributed by atoms with Gasteiger partial charge < -0.3 is 24.6 Å². The Morgan fingerprint density at radius 1 is 1.32 bits per heavy atom. The van der Waals surface area contributed by atoms with Gasteiger partial charge in [0.05, 0.1) is 29.2 Å². The summed E-state index contributed by atoms with van der Waals surface area (Å²) in [5, 5.41) is 33.1. The van der Waals surface area contributed by atoms with Gasteiger partial charge in [-0.1, -0.05) is 18.2 Å². The molecule has 6 atom stereocenters. The van der Waals surface area contributed by atoms with E-state index in [2.05, 4.69) is 10.8 Å². The van der Waals surface area contributed by atoms with Crippen molar-refractivity contribution in [1.29, 1.82) is 5.26 Å². The Labute approximate surface area is 228 Å². The van der Waals surface area contributed by atoms with Crippen LogP contribution in [0.1, 0.15) is 36.0 Å². The number of phenolic OH excluding ortho intramolecular Hbond substituents is 1. The topological polar surface area (TPSA) is 106 Å². The van der Waals surface area contributed by atoms with Gasteiger partial charge in [0, 0.05) is 24.7 Å². The third kappa shape index (κ3) is 3.69. The lowest BCUT2D eigenvalue weighted by atomic mass is 9.47. The quantitative estimate of drug-likeness (QED) is 0.557. The minimum atomic E-state index is -4.83. The van der Waals surface area contributed by atoms with E-state index in [1.807, 2.05) is 18.0 Å².